The predicted octanol–water partition coefficient (Wildman–Crippen LogP) is 3.00. The fraction of sp³-hybridized carbons (Fsp3) is 0.500. The first-order valence-corrected chi connectivity index (χ1v) is 7.24. The summed E-state index contributed by atoms with van der Waals surface area (Å²) >= 11 is 0. The van der Waals surface area contributed by atoms with Crippen LogP contribution in [-0.2, 0) is 17.4 Å². The Bertz CT molecular complexity index is 517. The van der Waals surface area contributed by atoms with Gasteiger partial charge in [-0.05, 0) is 39.3 Å². The van der Waals surface area contributed by atoms with Gasteiger partial charge in [0.05, 0.1) is 28.2 Å². The number of halogens is 1. The minimum atomic E-state index is -1.25. The van der Waals surface area contributed by atoms with Crippen molar-refractivity contribution in [1.82, 2.24) is 4.72 Å². The van der Waals surface area contributed by atoms with Crippen LogP contribution in [0.5, 0.6) is 0 Å². The fourth-order valence-electron chi connectivity index (χ4n) is 1.52. The van der Waals surface area contributed by atoms with E-state index in [0.29, 0.717) is 11.1 Å². The summed E-state index contributed by atoms with van der Waals surface area (Å²) < 4.78 is 28.4. The van der Waals surface area contributed by atoms with Crippen molar-refractivity contribution in [3.8, 4) is 6.07 Å². The van der Waals surface area contributed by atoms with Crippen LogP contribution in [0.25, 0.3) is 0 Å². The lowest BCUT2D eigenvalue weighted by atomic mass is 10.0. The minimum absolute atomic E-state index is 0.187. The van der Waals surface area contributed by atoms with Crippen molar-refractivity contribution in [3.05, 3.63) is 35.1 Å². The van der Waals surface area contributed by atoms with E-state index in [-0.39, 0.29) is 18.3 Å². The maximum atomic E-state index is 13.9. The van der Waals surface area contributed by atoms with Gasteiger partial charge in [0.15, 0.2) is 0 Å². The van der Waals surface area contributed by atoms with Crippen LogP contribution in [0.2, 0.25) is 0 Å². The van der Waals surface area contributed by atoms with Crippen LogP contribution in [0.1, 0.15) is 44.9 Å². The highest BCUT2D eigenvalue weighted by atomic mass is 32.2. The Hall–Kier alpha value is -1.25. The Morgan fingerprint density at radius 3 is 2.58 bits per heavy atom. The molecule has 0 aromatic heterocycles. The molecule has 1 N–H and O–H groups in total. The lowest BCUT2D eigenvalue weighted by molar-refractivity contribution is 0.571. The molecule has 0 saturated carbocycles. The second-order valence-corrected chi connectivity index (χ2v) is 7.41. The second kappa shape index (κ2) is 6.27. The van der Waals surface area contributed by atoms with E-state index in [1.807, 2.05) is 26.8 Å². The summed E-state index contributed by atoms with van der Waals surface area (Å²) in [6, 6.07) is 6.35. The van der Waals surface area contributed by atoms with Crippen molar-refractivity contribution in [3.63, 3.8) is 0 Å². The zero-order valence-electron chi connectivity index (χ0n) is 11.7. The average Bonchev–Trinajstić information content (AvgIpc) is 2.27. The Kier molecular flexibility index (Phi) is 5.21. The molecule has 5 heteroatoms. The van der Waals surface area contributed by atoms with Gasteiger partial charge in [0.2, 0.25) is 0 Å². The van der Waals surface area contributed by atoms with Gasteiger partial charge in [0.1, 0.15) is 5.82 Å². The molecule has 1 aromatic carbocycles. The molecule has 0 saturated heterocycles. The molecule has 0 radical (unpaired) electrons. The largest absolute Gasteiger partial charge is 0.242 e. The molecule has 3 nitrogen and oxygen atoms in total. The van der Waals surface area contributed by atoms with Gasteiger partial charge in [-0.2, -0.15) is 5.26 Å². The van der Waals surface area contributed by atoms with Crippen molar-refractivity contribution in [2.45, 2.75) is 44.9 Å². The Morgan fingerprint density at radius 2 is 2.11 bits per heavy atom. The number of hydrogen-bond donors (Lipinski definition) is 1. The molecule has 0 amide bonds. The molecule has 19 heavy (non-hydrogen) atoms. The van der Waals surface area contributed by atoms with Crippen molar-refractivity contribution in [2.24, 2.45) is 0 Å². The third-order valence-electron chi connectivity index (χ3n) is 2.65. The summed E-state index contributed by atoms with van der Waals surface area (Å²) in [6.45, 7) is 7.34. The van der Waals surface area contributed by atoms with Crippen LogP contribution in [-0.4, -0.2) is 8.96 Å². The van der Waals surface area contributed by atoms with Crippen molar-refractivity contribution >= 4 is 11.0 Å². The Labute approximate surface area is 116 Å². The third-order valence-corrected chi connectivity index (χ3v) is 4.33. The average molecular weight is 282 g/mol. The van der Waals surface area contributed by atoms with Gasteiger partial charge in [0.25, 0.3) is 0 Å². The first-order valence-electron chi connectivity index (χ1n) is 6.09. The molecule has 1 aromatic rings. The van der Waals surface area contributed by atoms with Gasteiger partial charge in [-0.1, -0.05) is 12.1 Å². The molecule has 0 fully saturated rings. The van der Waals surface area contributed by atoms with Crippen LogP contribution in [0.15, 0.2) is 18.2 Å². The van der Waals surface area contributed by atoms with E-state index in [4.69, 9.17) is 5.26 Å². The lowest BCUT2D eigenvalue weighted by Crippen LogP contribution is -2.35. The maximum absolute atomic E-state index is 13.9. The van der Waals surface area contributed by atoms with E-state index in [0.717, 1.165) is 0 Å². The van der Waals surface area contributed by atoms with E-state index in [1.165, 1.54) is 6.07 Å². The zero-order chi connectivity index (χ0) is 14.6. The SMILES string of the molecule is C[C@H](NS(=O)C(C)(C)C)c1ccc(CC#N)cc1F. The normalized spacial score (nSPS) is 14.7. The molecule has 2 atom stereocenters. The summed E-state index contributed by atoms with van der Waals surface area (Å²) in [4.78, 5) is 0. The monoisotopic (exact) mass is 282 g/mol. The minimum Gasteiger partial charge on any atom is -0.242 e. The number of nitrogens with one attached hydrogen (secondary N) is 1. The summed E-state index contributed by atoms with van der Waals surface area (Å²) in [5.41, 5.74) is 1.10. The van der Waals surface area contributed by atoms with E-state index < -0.39 is 15.7 Å². The molecule has 0 aliphatic rings. The summed E-state index contributed by atoms with van der Waals surface area (Å²) in [6.07, 6.45) is 0.187. The molecule has 0 bridgehead atoms. The van der Waals surface area contributed by atoms with Gasteiger partial charge >= 0.3 is 0 Å². The number of rotatable bonds is 4. The van der Waals surface area contributed by atoms with Crippen molar-refractivity contribution in [2.75, 3.05) is 0 Å². The quantitative estimate of drug-likeness (QED) is 0.923. The van der Waals surface area contributed by atoms with Gasteiger partial charge in [0, 0.05) is 11.6 Å². The van der Waals surface area contributed by atoms with Crippen LogP contribution in [0, 0.1) is 17.1 Å². The number of benzene rings is 1. The molecular weight excluding hydrogens is 263 g/mol. The van der Waals surface area contributed by atoms with Gasteiger partial charge in [-0.25, -0.2) is 13.3 Å². The van der Waals surface area contributed by atoms with Crippen molar-refractivity contribution < 1.29 is 8.60 Å². The maximum Gasteiger partial charge on any atom is 0.128 e. The fourth-order valence-corrected chi connectivity index (χ4v) is 2.33. The Balaban J connectivity index is 2.86. The standard InChI is InChI=1S/C14H19FN2OS/c1-10(17-19(18)14(2,3)4)12-6-5-11(7-8-16)9-13(12)15/h5-6,9-10,17H,7H2,1-4H3/t10-,19?/m0/s1. The highest BCUT2D eigenvalue weighted by Gasteiger charge is 2.22. The topological polar surface area (TPSA) is 52.9 Å². The lowest BCUT2D eigenvalue weighted by Gasteiger charge is -2.22. The van der Waals surface area contributed by atoms with Crippen LogP contribution in [0.3, 0.4) is 0 Å². The smallest absolute Gasteiger partial charge is 0.128 e. The Morgan fingerprint density at radius 1 is 1.47 bits per heavy atom. The molecule has 0 aliphatic heterocycles. The van der Waals surface area contributed by atoms with E-state index in [1.54, 1.807) is 19.1 Å². The summed E-state index contributed by atoms with van der Waals surface area (Å²) in [7, 11) is -1.25. The van der Waals surface area contributed by atoms with Crippen LogP contribution >= 0.6 is 0 Å². The molecule has 0 spiro atoms. The van der Waals surface area contributed by atoms with E-state index >= 15 is 0 Å². The first-order chi connectivity index (χ1) is 8.75. The van der Waals surface area contributed by atoms with E-state index in [9.17, 15) is 8.60 Å². The molecular formula is C14H19FN2OS. The van der Waals surface area contributed by atoms with Gasteiger partial charge in [-0.15, -0.1) is 0 Å². The molecule has 1 rings (SSSR count). The number of nitrogens with zero attached hydrogens (tertiary/aromatic N) is 1. The summed E-state index contributed by atoms with van der Waals surface area (Å²) in [5.74, 6) is -0.376. The molecule has 0 heterocycles. The van der Waals surface area contributed by atoms with E-state index in [2.05, 4.69) is 4.72 Å². The van der Waals surface area contributed by atoms with Crippen LogP contribution in [0.4, 0.5) is 4.39 Å². The van der Waals surface area contributed by atoms with Crippen molar-refractivity contribution in [1.29, 1.82) is 5.26 Å². The van der Waals surface area contributed by atoms with Gasteiger partial charge in [-0.3, -0.25) is 0 Å². The summed E-state index contributed by atoms with van der Waals surface area (Å²) in [5, 5.41) is 8.57. The molecule has 104 valence electrons. The second-order valence-electron chi connectivity index (χ2n) is 5.41. The van der Waals surface area contributed by atoms with Crippen LogP contribution < -0.4 is 4.72 Å². The highest BCUT2D eigenvalue weighted by Crippen LogP contribution is 2.20. The number of hydrogen-bond acceptors (Lipinski definition) is 2. The third kappa shape index (κ3) is 4.41. The van der Waals surface area contributed by atoms with Gasteiger partial charge < -0.3 is 0 Å². The predicted molar refractivity (Wildman–Crippen MR) is 75.2 cm³/mol. The first kappa shape index (κ1) is 15.8. The highest BCUT2D eigenvalue weighted by molar-refractivity contribution is 7.84. The molecule has 0 aliphatic carbocycles. The number of nitriles is 1. The molecule has 1 unspecified atom stereocenters. The zero-order valence-corrected chi connectivity index (χ0v) is 12.5.